The van der Waals surface area contributed by atoms with E-state index < -0.39 is 6.16 Å². The van der Waals surface area contributed by atoms with Crippen LogP contribution in [-0.2, 0) is 9.47 Å². The molecule has 0 bridgehead atoms. The van der Waals surface area contributed by atoms with Gasteiger partial charge < -0.3 is 14.2 Å². The second-order valence-electron chi connectivity index (χ2n) is 11.4. The van der Waals surface area contributed by atoms with Crippen LogP contribution >= 0.6 is 0 Å². The lowest BCUT2D eigenvalue weighted by atomic mass is 10.0. The molecule has 1 aromatic carbocycles. The molecule has 0 aromatic heterocycles. The highest BCUT2D eigenvalue weighted by Crippen LogP contribution is 2.23. The summed E-state index contributed by atoms with van der Waals surface area (Å²) >= 11 is 0. The Balaban J connectivity index is 1.51. The number of carbonyl (C=O) groups is 1. The minimum Gasteiger partial charge on any atom is -0.494 e. The van der Waals surface area contributed by atoms with Crippen molar-refractivity contribution in [2.75, 3.05) is 24.8 Å². The number of ether oxygens (including phenoxy) is 3. The monoisotopic (exact) mass is 558 g/mol. The molecular formula is C34H58N2O4. The van der Waals surface area contributed by atoms with Crippen LogP contribution in [0.3, 0.4) is 0 Å². The predicted octanol–water partition coefficient (Wildman–Crippen LogP) is 10.4. The Hall–Kier alpha value is -2.24. The zero-order valence-corrected chi connectivity index (χ0v) is 26.0. The average Bonchev–Trinajstić information content (AvgIpc) is 3.44. The molecule has 0 fully saturated rings. The number of rotatable bonds is 23. The standard InChI is InChI=1S/C34H58N2O4/c1-4-7-9-10-11-12-13-14-15-16-17-18-19-20-28-38-32-24-22-31(23-25-32)36-27-26-33(35-36)40-34(37)39-29-30(6-3)21-8-5-2/h22-25,30H,4-21,26-29H2,1-3H3. The van der Waals surface area contributed by atoms with Crippen molar-refractivity contribution < 1.29 is 19.0 Å². The van der Waals surface area contributed by atoms with Crippen molar-refractivity contribution in [1.29, 1.82) is 0 Å². The van der Waals surface area contributed by atoms with Crippen LogP contribution in [0, 0.1) is 5.92 Å². The highest BCUT2D eigenvalue weighted by atomic mass is 16.7. The highest BCUT2D eigenvalue weighted by Gasteiger charge is 2.21. The van der Waals surface area contributed by atoms with Crippen molar-refractivity contribution in [1.82, 2.24) is 0 Å². The summed E-state index contributed by atoms with van der Waals surface area (Å²) in [7, 11) is 0. The van der Waals surface area contributed by atoms with Gasteiger partial charge in [0.1, 0.15) is 5.75 Å². The summed E-state index contributed by atoms with van der Waals surface area (Å²) in [6, 6.07) is 7.99. The van der Waals surface area contributed by atoms with Gasteiger partial charge in [0.05, 0.1) is 25.4 Å². The SMILES string of the molecule is CCCCCCCCCCCCCCCCOc1ccc(N2CCC(OC(=O)OCC(CC)CCCC)=N2)cc1. The lowest BCUT2D eigenvalue weighted by Gasteiger charge is -2.14. The van der Waals surface area contributed by atoms with Crippen LogP contribution < -0.4 is 9.75 Å². The van der Waals surface area contributed by atoms with E-state index in [0.29, 0.717) is 31.4 Å². The lowest BCUT2D eigenvalue weighted by molar-refractivity contribution is 0.0774. The van der Waals surface area contributed by atoms with Gasteiger partial charge in [0.25, 0.3) is 0 Å². The molecule has 6 heteroatoms. The molecule has 1 aliphatic heterocycles. The zero-order valence-electron chi connectivity index (χ0n) is 26.0. The minimum absolute atomic E-state index is 0.393. The van der Waals surface area contributed by atoms with Crippen LogP contribution in [0.1, 0.15) is 143 Å². The number of anilines is 1. The maximum absolute atomic E-state index is 12.1. The molecule has 1 unspecified atom stereocenters. The maximum atomic E-state index is 12.1. The molecule has 40 heavy (non-hydrogen) atoms. The molecule has 0 spiro atoms. The molecule has 1 aromatic rings. The summed E-state index contributed by atoms with van der Waals surface area (Å²) in [4.78, 5) is 12.1. The van der Waals surface area contributed by atoms with E-state index in [2.05, 4.69) is 25.9 Å². The average molecular weight is 559 g/mol. The summed E-state index contributed by atoms with van der Waals surface area (Å²) in [6.45, 7) is 8.43. The largest absolute Gasteiger partial charge is 0.514 e. The molecule has 0 N–H and O–H groups in total. The second kappa shape index (κ2) is 22.4. The normalized spacial score (nSPS) is 13.8. The summed E-state index contributed by atoms with van der Waals surface area (Å²) in [5.41, 5.74) is 0.960. The third-order valence-corrected chi connectivity index (χ3v) is 7.85. The van der Waals surface area contributed by atoms with Crippen LogP contribution in [0.15, 0.2) is 29.4 Å². The molecule has 0 radical (unpaired) electrons. The van der Waals surface area contributed by atoms with E-state index in [1.54, 1.807) is 0 Å². The van der Waals surface area contributed by atoms with Gasteiger partial charge in [-0.3, -0.25) is 5.01 Å². The molecule has 0 saturated heterocycles. The van der Waals surface area contributed by atoms with Crippen molar-refractivity contribution in [2.45, 2.75) is 143 Å². The Kier molecular flexibility index (Phi) is 19.1. The lowest BCUT2D eigenvalue weighted by Crippen LogP contribution is -2.17. The van der Waals surface area contributed by atoms with Crippen LogP contribution in [0.5, 0.6) is 5.75 Å². The number of hydrazone groups is 1. The van der Waals surface area contributed by atoms with Gasteiger partial charge in [0.15, 0.2) is 0 Å². The van der Waals surface area contributed by atoms with Crippen LogP contribution in [-0.4, -0.2) is 31.8 Å². The Morgan fingerprint density at radius 3 is 1.95 bits per heavy atom. The molecule has 0 amide bonds. The Labute approximate surface area is 245 Å². The van der Waals surface area contributed by atoms with Gasteiger partial charge in [-0.1, -0.05) is 124 Å². The van der Waals surface area contributed by atoms with Crippen molar-refractivity contribution in [3.8, 4) is 5.75 Å². The summed E-state index contributed by atoms with van der Waals surface area (Å²) in [5, 5.41) is 6.31. The smallest absolute Gasteiger partial charge is 0.494 e. The first-order chi connectivity index (χ1) is 19.7. The van der Waals surface area contributed by atoms with Crippen LogP contribution in [0.25, 0.3) is 0 Å². The van der Waals surface area contributed by atoms with Crippen molar-refractivity contribution in [2.24, 2.45) is 11.0 Å². The highest BCUT2D eigenvalue weighted by molar-refractivity contribution is 5.88. The zero-order chi connectivity index (χ0) is 28.7. The summed E-state index contributed by atoms with van der Waals surface area (Å²) < 4.78 is 16.6. The van der Waals surface area contributed by atoms with Gasteiger partial charge >= 0.3 is 6.16 Å². The van der Waals surface area contributed by atoms with E-state index in [-0.39, 0.29) is 0 Å². The molecule has 2 rings (SSSR count). The molecule has 0 aliphatic carbocycles. The van der Waals surface area contributed by atoms with Crippen LogP contribution in [0.2, 0.25) is 0 Å². The van der Waals surface area contributed by atoms with Gasteiger partial charge in [0.2, 0.25) is 5.90 Å². The number of hydrogen-bond donors (Lipinski definition) is 0. The topological polar surface area (TPSA) is 60.4 Å². The van der Waals surface area contributed by atoms with Gasteiger partial charge in [0, 0.05) is 6.42 Å². The summed E-state index contributed by atoms with van der Waals surface area (Å²) in [5.74, 6) is 1.68. The predicted molar refractivity (Wildman–Crippen MR) is 167 cm³/mol. The molecule has 228 valence electrons. The molecule has 1 atom stereocenters. The third-order valence-electron chi connectivity index (χ3n) is 7.85. The van der Waals surface area contributed by atoms with E-state index in [0.717, 1.165) is 50.1 Å². The Morgan fingerprint density at radius 2 is 1.38 bits per heavy atom. The fourth-order valence-corrected chi connectivity index (χ4v) is 5.11. The number of benzene rings is 1. The molecule has 0 saturated carbocycles. The second-order valence-corrected chi connectivity index (χ2v) is 11.4. The number of nitrogens with zero attached hydrogens (tertiary/aromatic N) is 2. The van der Waals surface area contributed by atoms with E-state index in [4.69, 9.17) is 14.2 Å². The van der Waals surface area contributed by atoms with Crippen molar-refractivity contribution >= 4 is 17.7 Å². The maximum Gasteiger partial charge on any atom is 0.514 e. The van der Waals surface area contributed by atoms with E-state index in [1.807, 2.05) is 29.3 Å². The molecular weight excluding hydrogens is 500 g/mol. The van der Waals surface area contributed by atoms with Gasteiger partial charge in [-0.15, -0.1) is 5.10 Å². The number of unbranched alkanes of at least 4 members (excludes halogenated alkanes) is 14. The fourth-order valence-electron chi connectivity index (χ4n) is 5.11. The Bertz CT molecular complexity index is 796. The first kappa shape index (κ1) is 34.0. The van der Waals surface area contributed by atoms with E-state index in [1.165, 1.54) is 83.5 Å². The van der Waals surface area contributed by atoms with Crippen molar-refractivity contribution in [3.63, 3.8) is 0 Å². The van der Waals surface area contributed by atoms with Crippen LogP contribution in [0.4, 0.5) is 10.5 Å². The van der Waals surface area contributed by atoms with Gasteiger partial charge in [-0.05, 0) is 43.0 Å². The molecule has 1 aliphatic rings. The number of hydrogen-bond acceptors (Lipinski definition) is 6. The van der Waals surface area contributed by atoms with Crippen molar-refractivity contribution in [3.05, 3.63) is 24.3 Å². The summed E-state index contributed by atoms with van der Waals surface area (Å²) in [6.07, 6.45) is 23.4. The van der Waals surface area contributed by atoms with E-state index in [9.17, 15) is 4.79 Å². The first-order valence-corrected chi connectivity index (χ1v) is 16.6. The third kappa shape index (κ3) is 15.5. The minimum atomic E-state index is -0.650. The van der Waals surface area contributed by atoms with E-state index >= 15 is 0 Å². The Morgan fingerprint density at radius 1 is 0.800 bits per heavy atom. The molecule has 6 nitrogen and oxygen atoms in total. The quantitative estimate of drug-likeness (QED) is 0.0987. The number of carbonyl (C=O) groups excluding carboxylic acids is 1. The molecule has 1 heterocycles. The van der Waals surface area contributed by atoms with Gasteiger partial charge in [-0.25, -0.2) is 4.79 Å². The fraction of sp³-hybridized carbons (Fsp3) is 0.765. The first-order valence-electron chi connectivity index (χ1n) is 16.6. The van der Waals surface area contributed by atoms with Gasteiger partial charge in [-0.2, -0.15) is 0 Å².